The van der Waals surface area contributed by atoms with E-state index in [1.807, 2.05) is 0 Å². The second-order valence-electron chi connectivity index (χ2n) is 4.98. The molecule has 2 aromatic carbocycles. The Hall–Kier alpha value is -1.99. The normalized spacial score (nSPS) is 13.6. The van der Waals surface area contributed by atoms with Crippen LogP contribution in [-0.2, 0) is 12.3 Å². The fraction of sp³-hybridized carbons (Fsp3) is 0.333. The number of alkyl halides is 7. The van der Waals surface area contributed by atoms with E-state index in [2.05, 4.69) is 0 Å². The molecule has 0 fully saturated rings. The molecule has 23 heavy (non-hydrogen) atoms. The summed E-state index contributed by atoms with van der Waals surface area (Å²) in [6.07, 6.45) is -6.43. The molecule has 0 aromatic heterocycles. The Balaban J connectivity index is 2.84. The monoisotopic (exact) mass is 340 g/mol. The molecule has 0 aliphatic heterocycles. The lowest BCUT2D eigenvalue weighted by atomic mass is 9.92. The third kappa shape index (κ3) is 2.49. The van der Waals surface area contributed by atoms with E-state index in [0.717, 1.165) is 6.07 Å². The highest BCUT2D eigenvalue weighted by Gasteiger charge is 2.73. The molecule has 0 aliphatic rings. The van der Waals surface area contributed by atoms with Gasteiger partial charge < -0.3 is 5.11 Å². The molecule has 0 heterocycles. The molecule has 1 N–H and O–H groups in total. The zero-order chi connectivity index (χ0) is 17.6. The maximum absolute atomic E-state index is 14.1. The van der Waals surface area contributed by atoms with Crippen molar-refractivity contribution < 1.29 is 35.8 Å². The van der Waals surface area contributed by atoms with Crippen LogP contribution in [0.25, 0.3) is 10.8 Å². The topological polar surface area (TPSA) is 20.2 Å². The first kappa shape index (κ1) is 17.4. The Morgan fingerprint density at radius 3 is 1.91 bits per heavy atom. The van der Waals surface area contributed by atoms with Crippen molar-refractivity contribution in [2.24, 2.45) is 0 Å². The lowest BCUT2D eigenvalue weighted by Gasteiger charge is -2.29. The summed E-state index contributed by atoms with van der Waals surface area (Å²) in [6.45, 7) is 1.45. The summed E-state index contributed by atoms with van der Waals surface area (Å²) in [7, 11) is 0. The molecule has 0 unspecified atom stereocenters. The van der Waals surface area contributed by atoms with Crippen LogP contribution in [0.5, 0.6) is 5.75 Å². The Morgan fingerprint density at radius 2 is 1.43 bits per heavy atom. The minimum Gasteiger partial charge on any atom is -0.507 e. The standard InChI is InChI=1S/C15H11F7O/c1-2-8-7-11(9-5-3-4-6-10(9)12(8)23)13(16,17)14(18,19)15(20,21)22/h3-7,23H,2H2,1H3. The van der Waals surface area contributed by atoms with Crippen LogP contribution < -0.4 is 0 Å². The molecule has 0 radical (unpaired) electrons. The number of phenols is 1. The van der Waals surface area contributed by atoms with Crippen LogP contribution in [0.15, 0.2) is 30.3 Å². The molecule has 0 amide bonds. The first-order valence-corrected chi connectivity index (χ1v) is 6.51. The largest absolute Gasteiger partial charge is 0.507 e. The molecule has 0 aliphatic carbocycles. The number of fused-ring (bicyclic) bond motifs is 1. The Kier molecular flexibility index (Phi) is 3.99. The molecule has 0 atom stereocenters. The van der Waals surface area contributed by atoms with E-state index in [4.69, 9.17) is 0 Å². The summed E-state index contributed by atoms with van der Waals surface area (Å²) in [5.41, 5.74) is -1.61. The van der Waals surface area contributed by atoms with Gasteiger partial charge in [-0.15, -0.1) is 0 Å². The zero-order valence-corrected chi connectivity index (χ0v) is 11.7. The maximum Gasteiger partial charge on any atom is 0.460 e. The molecule has 0 bridgehead atoms. The van der Waals surface area contributed by atoms with Gasteiger partial charge in [0.1, 0.15) is 5.75 Å². The number of rotatable bonds is 3. The van der Waals surface area contributed by atoms with Gasteiger partial charge >= 0.3 is 18.0 Å². The Bertz CT molecular complexity index is 734. The minimum atomic E-state index is -6.41. The zero-order valence-electron chi connectivity index (χ0n) is 11.7. The van der Waals surface area contributed by atoms with E-state index in [-0.39, 0.29) is 17.4 Å². The van der Waals surface area contributed by atoms with Crippen molar-refractivity contribution in [3.63, 3.8) is 0 Å². The van der Waals surface area contributed by atoms with Crippen molar-refractivity contribution in [1.82, 2.24) is 0 Å². The van der Waals surface area contributed by atoms with Crippen LogP contribution in [0.3, 0.4) is 0 Å². The third-order valence-corrected chi connectivity index (χ3v) is 3.56. The summed E-state index contributed by atoms with van der Waals surface area (Å²) in [5.74, 6) is -12.1. The number of phenolic OH excluding ortho intramolecular Hbond substituents is 1. The van der Waals surface area contributed by atoms with E-state index in [1.54, 1.807) is 0 Å². The van der Waals surface area contributed by atoms with Gasteiger partial charge in [-0.25, -0.2) is 0 Å². The number of aryl methyl sites for hydroxylation is 1. The lowest BCUT2D eigenvalue weighted by molar-refractivity contribution is -0.359. The van der Waals surface area contributed by atoms with Gasteiger partial charge in [0.05, 0.1) is 0 Å². The minimum absolute atomic E-state index is 0.0165. The van der Waals surface area contributed by atoms with Gasteiger partial charge in [0.2, 0.25) is 0 Å². The van der Waals surface area contributed by atoms with E-state index in [9.17, 15) is 35.8 Å². The summed E-state index contributed by atoms with van der Waals surface area (Å²) >= 11 is 0. The first-order chi connectivity index (χ1) is 10.4. The molecule has 0 saturated carbocycles. The molecule has 2 rings (SSSR count). The molecular formula is C15H11F7O. The van der Waals surface area contributed by atoms with Gasteiger partial charge in [0, 0.05) is 10.9 Å². The van der Waals surface area contributed by atoms with Crippen molar-refractivity contribution >= 4 is 10.8 Å². The number of halogens is 7. The quantitative estimate of drug-likeness (QED) is 0.742. The fourth-order valence-electron chi connectivity index (χ4n) is 2.29. The smallest absolute Gasteiger partial charge is 0.460 e. The Labute approximate surface area is 126 Å². The van der Waals surface area contributed by atoms with Crippen LogP contribution in [0, 0.1) is 0 Å². The number of benzene rings is 2. The summed E-state index contributed by atoms with van der Waals surface area (Å²) < 4.78 is 91.9. The summed E-state index contributed by atoms with van der Waals surface area (Å²) in [6, 6.07) is 5.20. The van der Waals surface area contributed by atoms with Gasteiger partial charge in [0.15, 0.2) is 0 Å². The molecule has 0 spiro atoms. The second-order valence-corrected chi connectivity index (χ2v) is 4.98. The summed E-state index contributed by atoms with van der Waals surface area (Å²) in [4.78, 5) is 0. The SMILES string of the molecule is CCc1cc(C(F)(F)C(F)(F)C(F)(F)F)c2ccccc2c1O. The Morgan fingerprint density at radius 1 is 0.913 bits per heavy atom. The maximum atomic E-state index is 14.1. The van der Waals surface area contributed by atoms with E-state index >= 15 is 0 Å². The lowest BCUT2D eigenvalue weighted by Crippen LogP contribution is -2.50. The van der Waals surface area contributed by atoms with Crippen molar-refractivity contribution in [3.8, 4) is 5.75 Å². The predicted molar refractivity (Wildman–Crippen MR) is 69.9 cm³/mol. The van der Waals surface area contributed by atoms with Gasteiger partial charge in [-0.2, -0.15) is 30.7 Å². The molecule has 8 heteroatoms. The van der Waals surface area contributed by atoms with Crippen molar-refractivity contribution in [1.29, 1.82) is 0 Å². The van der Waals surface area contributed by atoms with Crippen LogP contribution in [0.4, 0.5) is 30.7 Å². The molecule has 2 aromatic rings. The third-order valence-electron chi connectivity index (χ3n) is 3.56. The highest BCUT2D eigenvalue weighted by Crippen LogP contribution is 2.53. The average molecular weight is 340 g/mol. The van der Waals surface area contributed by atoms with Crippen LogP contribution >= 0.6 is 0 Å². The predicted octanol–water partition coefficient (Wildman–Crippen LogP) is 5.40. The molecular weight excluding hydrogens is 329 g/mol. The van der Waals surface area contributed by atoms with Crippen LogP contribution in [-0.4, -0.2) is 17.2 Å². The second kappa shape index (κ2) is 5.28. The highest BCUT2D eigenvalue weighted by molar-refractivity contribution is 5.92. The van der Waals surface area contributed by atoms with Gasteiger partial charge in [-0.1, -0.05) is 31.2 Å². The fourth-order valence-corrected chi connectivity index (χ4v) is 2.29. The van der Waals surface area contributed by atoms with Gasteiger partial charge in [0.25, 0.3) is 0 Å². The van der Waals surface area contributed by atoms with E-state index in [1.165, 1.54) is 25.1 Å². The highest BCUT2D eigenvalue weighted by atomic mass is 19.4. The molecule has 126 valence electrons. The van der Waals surface area contributed by atoms with Crippen molar-refractivity contribution in [2.45, 2.75) is 31.4 Å². The van der Waals surface area contributed by atoms with Crippen LogP contribution in [0.1, 0.15) is 18.1 Å². The van der Waals surface area contributed by atoms with Crippen molar-refractivity contribution in [2.75, 3.05) is 0 Å². The van der Waals surface area contributed by atoms with Crippen LogP contribution in [0.2, 0.25) is 0 Å². The number of aromatic hydroxyl groups is 1. The number of hydrogen-bond acceptors (Lipinski definition) is 1. The molecule has 1 nitrogen and oxygen atoms in total. The van der Waals surface area contributed by atoms with Gasteiger partial charge in [-0.3, -0.25) is 0 Å². The average Bonchev–Trinajstić information content (AvgIpc) is 2.46. The first-order valence-electron chi connectivity index (χ1n) is 6.51. The van der Waals surface area contributed by atoms with E-state index in [0.29, 0.717) is 6.07 Å². The molecule has 0 saturated heterocycles. The van der Waals surface area contributed by atoms with Crippen molar-refractivity contribution in [3.05, 3.63) is 41.5 Å². The summed E-state index contributed by atoms with van der Waals surface area (Å²) in [5, 5.41) is 9.18. The number of hydrogen-bond donors (Lipinski definition) is 1. The van der Waals surface area contributed by atoms with E-state index < -0.39 is 34.7 Å². The van der Waals surface area contributed by atoms with Gasteiger partial charge in [-0.05, 0) is 23.4 Å².